The van der Waals surface area contributed by atoms with Crippen LogP contribution in [0.5, 0.6) is 0 Å². The number of halogens is 3. The first kappa shape index (κ1) is 13.2. The van der Waals surface area contributed by atoms with E-state index in [9.17, 15) is 18.0 Å². The van der Waals surface area contributed by atoms with Crippen molar-refractivity contribution in [3.8, 4) is 0 Å². The molecule has 2 unspecified atom stereocenters. The quantitative estimate of drug-likeness (QED) is 0.733. The molecule has 1 heterocycles. The molecule has 1 aliphatic rings. The SMILES string of the molecule is CNC(=O)C1CCCN1C(CN)C(F)(F)F. The minimum Gasteiger partial charge on any atom is -0.358 e. The van der Waals surface area contributed by atoms with Crippen molar-refractivity contribution in [2.75, 3.05) is 20.1 Å². The van der Waals surface area contributed by atoms with E-state index in [1.54, 1.807) is 0 Å². The van der Waals surface area contributed by atoms with Crippen molar-refractivity contribution in [2.24, 2.45) is 5.73 Å². The van der Waals surface area contributed by atoms with Gasteiger partial charge < -0.3 is 11.1 Å². The van der Waals surface area contributed by atoms with Crippen LogP contribution in [-0.2, 0) is 4.79 Å². The summed E-state index contributed by atoms with van der Waals surface area (Å²) in [6.07, 6.45) is -3.34. The molecule has 0 spiro atoms. The summed E-state index contributed by atoms with van der Waals surface area (Å²) in [6, 6.07) is -2.43. The van der Waals surface area contributed by atoms with Gasteiger partial charge in [-0.2, -0.15) is 13.2 Å². The van der Waals surface area contributed by atoms with Crippen molar-refractivity contribution in [3.05, 3.63) is 0 Å². The van der Waals surface area contributed by atoms with E-state index < -0.39 is 24.8 Å². The zero-order chi connectivity index (χ0) is 12.3. The van der Waals surface area contributed by atoms with Gasteiger partial charge in [-0.05, 0) is 19.4 Å². The molecule has 1 saturated heterocycles. The summed E-state index contributed by atoms with van der Waals surface area (Å²) in [5.74, 6) is -0.375. The Morgan fingerprint density at radius 1 is 1.62 bits per heavy atom. The fourth-order valence-corrected chi connectivity index (χ4v) is 2.07. The van der Waals surface area contributed by atoms with E-state index in [4.69, 9.17) is 5.73 Å². The maximum Gasteiger partial charge on any atom is 0.405 e. The molecule has 1 fully saturated rings. The van der Waals surface area contributed by atoms with E-state index in [0.29, 0.717) is 12.8 Å². The fraction of sp³-hybridized carbons (Fsp3) is 0.889. The third-order valence-corrected chi connectivity index (χ3v) is 2.84. The number of nitrogens with zero attached hydrogens (tertiary/aromatic N) is 1. The van der Waals surface area contributed by atoms with Crippen LogP contribution in [0.25, 0.3) is 0 Å². The summed E-state index contributed by atoms with van der Waals surface area (Å²) in [5, 5.41) is 2.38. The minimum atomic E-state index is -4.38. The predicted octanol–water partition coefficient (Wildman–Crippen LogP) is 0.0864. The van der Waals surface area contributed by atoms with Gasteiger partial charge >= 0.3 is 6.18 Å². The number of carbonyl (C=O) groups is 1. The molecule has 0 bridgehead atoms. The molecule has 0 radical (unpaired) electrons. The molecule has 1 aliphatic heterocycles. The second-order valence-electron chi connectivity index (χ2n) is 3.80. The van der Waals surface area contributed by atoms with Crippen LogP contribution in [0.15, 0.2) is 0 Å². The van der Waals surface area contributed by atoms with Crippen LogP contribution in [0.2, 0.25) is 0 Å². The number of likely N-dealkylation sites (N-methyl/N-ethyl adjacent to an activating group) is 1. The van der Waals surface area contributed by atoms with E-state index in [0.717, 1.165) is 4.90 Å². The number of alkyl halides is 3. The van der Waals surface area contributed by atoms with Crippen LogP contribution in [0.3, 0.4) is 0 Å². The van der Waals surface area contributed by atoms with Crippen molar-refractivity contribution < 1.29 is 18.0 Å². The second kappa shape index (κ2) is 5.01. The first-order valence-corrected chi connectivity index (χ1v) is 5.16. The van der Waals surface area contributed by atoms with Gasteiger partial charge in [-0.3, -0.25) is 9.69 Å². The molecular weight excluding hydrogens is 223 g/mol. The van der Waals surface area contributed by atoms with Crippen LogP contribution in [0, 0.1) is 0 Å². The summed E-state index contributed by atoms with van der Waals surface area (Å²) in [4.78, 5) is 12.6. The third-order valence-electron chi connectivity index (χ3n) is 2.84. The number of amides is 1. The van der Waals surface area contributed by atoms with Crippen LogP contribution >= 0.6 is 0 Å². The van der Waals surface area contributed by atoms with E-state index in [1.165, 1.54) is 7.05 Å². The number of carbonyl (C=O) groups excluding carboxylic acids is 1. The number of likely N-dealkylation sites (tertiary alicyclic amines) is 1. The molecule has 3 N–H and O–H groups in total. The van der Waals surface area contributed by atoms with E-state index >= 15 is 0 Å². The van der Waals surface area contributed by atoms with Gasteiger partial charge in [-0.15, -0.1) is 0 Å². The Labute approximate surface area is 92.0 Å². The van der Waals surface area contributed by atoms with Gasteiger partial charge in [0.25, 0.3) is 0 Å². The monoisotopic (exact) mass is 239 g/mol. The summed E-state index contributed by atoms with van der Waals surface area (Å²) in [7, 11) is 1.42. The first-order valence-electron chi connectivity index (χ1n) is 5.16. The van der Waals surface area contributed by atoms with Gasteiger partial charge in [0.2, 0.25) is 5.91 Å². The lowest BCUT2D eigenvalue weighted by atomic mass is 10.1. The van der Waals surface area contributed by atoms with E-state index in [1.807, 2.05) is 0 Å². The lowest BCUT2D eigenvalue weighted by Gasteiger charge is -2.32. The highest BCUT2D eigenvalue weighted by Crippen LogP contribution is 2.30. The molecule has 2 atom stereocenters. The van der Waals surface area contributed by atoms with Crippen LogP contribution in [-0.4, -0.2) is 49.2 Å². The van der Waals surface area contributed by atoms with Crippen molar-refractivity contribution in [1.29, 1.82) is 0 Å². The van der Waals surface area contributed by atoms with Crippen molar-refractivity contribution in [1.82, 2.24) is 10.2 Å². The van der Waals surface area contributed by atoms with E-state index in [2.05, 4.69) is 5.32 Å². The van der Waals surface area contributed by atoms with Crippen LogP contribution in [0.1, 0.15) is 12.8 Å². The van der Waals surface area contributed by atoms with Gasteiger partial charge in [0.1, 0.15) is 6.04 Å². The van der Waals surface area contributed by atoms with Gasteiger partial charge in [0, 0.05) is 13.6 Å². The largest absolute Gasteiger partial charge is 0.405 e. The Balaban J connectivity index is 2.80. The van der Waals surface area contributed by atoms with Crippen molar-refractivity contribution >= 4 is 5.91 Å². The maximum absolute atomic E-state index is 12.7. The fourth-order valence-electron chi connectivity index (χ4n) is 2.07. The zero-order valence-corrected chi connectivity index (χ0v) is 9.05. The number of nitrogens with two attached hydrogens (primary N) is 1. The number of nitrogens with one attached hydrogen (secondary N) is 1. The highest BCUT2D eigenvalue weighted by molar-refractivity contribution is 5.81. The molecule has 0 aromatic rings. The van der Waals surface area contributed by atoms with Gasteiger partial charge in [-0.25, -0.2) is 0 Å². The Hall–Kier alpha value is -0.820. The smallest absolute Gasteiger partial charge is 0.358 e. The third kappa shape index (κ3) is 2.65. The van der Waals surface area contributed by atoms with Gasteiger partial charge in [-0.1, -0.05) is 0 Å². The lowest BCUT2D eigenvalue weighted by Crippen LogP contribution is -2.55. The Morgan fingerprint density at radius 3 is 2.69 bits per heavy atom. The average Bonchev–Trinajstić information content (AvgIpc) is 2.64. The molecule has 94 valence electrons. The normalized spacial score (nSPS) is 24.4. The van der Waals surface area contributed by atoms with Crippen LogP contribution in [0.4, 0.5) is 13.2 Å². The highest BCUT2D eigenvalue weighted by atomic mass is 19.4. The molecule has 1 rings (SSSR count). The Bertz CT molecular complexity index is 257. The molecule has 0 aliphatic carbocycles. The van der Waals surface area contributed by atoms with Crippen LogP contribution < -0.4 is 11.1 Å². The van der Waals surface area contributed by atoms with E-state index in [-0.39, 0.29) is 12.5 Å². The number of rotatable bonds is 3. The molecule has 0 aromatic carbocycles. The first-order chi connectivity index (χ1) is 7.41. The summed E-state index contributed by atoms with van der Waals surface area (Å²) >= 11 is 0. The Morgan fingerprint density at radius 2 is 2.25 bits per heavy atom. The zero-order valence-electron chi connectivity index (χ0n) is 9.05. The highest BCUT2D eigenvalue weighted by Gasteiger charge is 2.47. The van der Waals surface area contributed by atoms with Crippen molar-refractivity contribution in [2.45, 2.75) is 31.1 Å². The summed E-state index contributed by atoms with van der Waals surface area (Å²) < 4.78 is 38.0. The molecule has 0 aromatic heterocycles. The standard InChI is InChI=1S/C9H16F3N3O/c1-14-8(16)6-3-2-4-15(6)7(5-13)9(10,11)12/h6-7H,2-5,13H2,1H3,(H,14,16). The minimum absolute atomic E-state index is 0.263. The average molecular weight is 239 g/mol. The molecular formula is C9H16F3N3O. The lowest BCUT2D eigenvalue weighted by molar-refractivity contribution is -0.183. The molecule has 1 amide bonds. The second-order valence-corrected chi connectivity index (χ2v) is 3.80. The molecule has 7 heteroatoms. The molecule has 0 saturated carbocycles. The van der Waals surface area contributed by atoms with Gasteiger partial charge in [0.15, 0.2) is 0 Å². The molecule has 4 nitrogen and oxygen atoms in total. The topological polar surface area (TPSA) is 58.4 Å². The van der Waals surface area contributed by atoms with Crippen molar-refractivity contribution in [3.63, 3.8) is 0 Å². The number of hydrogen-bond donors (Lipinski definition) is 2. The summed E-state index contributed by atoms with van der Waals surface area (Å²) in [5.41, 5.74) is 5.15. The Kier molecular flexibility index (Phi) is 4.15. The maximum atomic E-state index is 12.7. The number of hydrogen-bond acceptors (Lipinski definition) is 3. The van der Waals surface area contributed by atoms with Gasteiger partial charge in [0.05, 0.1) is 6.04 Å². The molecule has 16 heavy (non-hydrogen) atoms. The summed E-state index contributed by atoms with van der Waals surface area (Å²) in [6.45, 7) is -0.254. The predicted molar refractivity (Wildman–Crippen MR) is 52.7 cm³/mol.